The first kappa shape index (κ1) is 8.24. The maximum atomic E-state index is 4.87. The molecule has 0 radical (unpaired) electrons. The molecule has 0 N–H and O–H groups in total. The van der Waals surface area contributed by atoms with Crippen LogP contribution in [0.25, 0.3) is 0 Å². The Morgan fingerprint density at radius 1 is 1.45 bits per heavy atom. The number of aryl methyl sites for hydroxylation is 1. The second-order valence-corrected chi connectivity index (χ2v) is 3.94. The molecule has 0 saturated carbocycles. The molecule has 0 aliphatic rings. The first-order valence-electron chi connectivity index (χ1n) is 3.84. The number of hydrogen-bond acceptors (Lipinski definition) is 3. The third-order valence-corrected chi connectivity index (χ3v) is 1.53. The fourth-order valence-electron chi connectivity index (χ4n) is 0.796. The molecule has 1 aromatic heterocycles. The minimum atomic E-state index is 0.354. The van der Waals surface area contributed by atoms with Gasteiger partial charge in [-0.15, -0.1) is 5.10 Å². The summed E-state index contributed by atoms with van der Waals surface area (Å²) in [6.45, 7) is 6.62. The highest BCUT2D eigenvalue weighted by molar-refractivity contribution is 4.86. The highest BCUT2D eigenvalue weighted by Gasteiger charge is 2.11. The van der Waals surface area contributed by atoms with Crippen LogP contribution in [0, 0.1) is 5.41 Å². The van der Waals surface area contributed by atoms with Gasteiger partial charge in [0.15, 0.2) is 5.76 Å². The predicted octanol–water partition coefficient (Wildman–Crippen LogP) is 2.05. The fraction of sp³-hybridized carbons (Fsp3) is 0.750. The summed E-state index contributed by atoms with van der Waals surface area (Å²) >= 11 is 0. The van der Waals surface area contributed by atoms with Crippen molar-refractivity contribution in [2.45, 2.75) is 33.6 Å². The highest BCUT2D eigenvalue weighted by Crippen LogP contribution is 2.20. The lowest BCUT2D eigenvalue weighted by Crippen LogP contribution is -2.05. The molecule has 3 nitrogen and oxygen atoms in total. The summed E-state index contributed by atoms with van der Waals surface area (Å²) in [5.74, 6) is 0.875. The average molecular weight is 154 g/mol. The van der Waals surface area contributed by atoms with Gasteiger partial charge in [0.25, 0.3) is 0 Å². The second-order valence-electron chi connectivity index (χ2n) is 3.94. The largest absolute Gasteiger partial charge is 0.342 e. The molecule has 0 spiro atoms. The van der Waals surface area contributed by atoms with Crippen LogP contribution in [0.4, 0.5) is 0 Å². The quantitative estimate of drug-likeness (QED) is 0.654. The lowest BCUT2D eigenvalue weighted by molar-refractivity contribution is 0.323. The SMILES string of the molecule is CC(C)(C)CCc1cnno1. The molecule has 0 unspecified atom stereocenters. The lowest BCUT2D eigenvalue weighted by atomic mass is 9.90. The van der Waals surface area contributed by atoms with E-state index in [0.29, 0.717) is 5.41 Å². The maximum Gasteiger partial charge on any atom is 0.157 e. The summed E-state index contributed by atoms with van der Waals surface area (Å²) in [4.78, 5) is 0. The highest BCUT2D eigenvalue weighted by atomic mass is 16.5. The zero-order valence-electron chi connectivity index (χ0n) is 7.29. The van der Waals surface area contributed by atoms with Gasteiger partial charge in [0, 0.05) is 11.7 Å². The minimum Gasteiger partial charge on any atom is -0.342 e. The van der Waals surface area contributed by atoms with Gasteiger partial charge in [-0.25, -0.2) is 0 Å². The summed E-state index contributed by atoms with van der Waals surface area (Å²) in [7, 11) is 0. The summed E-state index contributed by atoms with van der Waals surface area (Å²) in [6.07, 6.45) is 3.70. The normalized spacial score (nSPS) is 11.9. The smallest absolute Gasteiger partial charge is 0.157 e. The van der Waals surface area contributed by atoms with Gasteiger partial charge in [-0.05, 0) is 11.8 Å². The van der Waals surface area contributed by atoms with Crippen molar-refractivity contribution in [1.82, 2.24) is 10.4 Å². The van der Waals surface area contributed by atoms with E-state index in [1.165, 1.54) is 0 Å². The Balaban J connectivity index is 2.35. The first-order chi connectivity index (χ1) is 5.08. The van der Waals surface area contributed by atoms with Gasteiger partial charge in [0.05, 0.1) is 6.20 Å². The molecule has 62 valence electrons. The maximum absolute atomic E-state index is 4.87. The molecule has 0 saturated heterocycles. The molecule has 0 fully saturated rings. The van der Waals surface area contributed by atoms with E-state index in [4.69, 9.17) is 4.52 Å². The Morgan fingerprint density at radius 2 is 2.18 bits per heavy atom. The molecular weight excluding hydrogens is 140 g/mol. The van der Waals surface area contributed by atoms with Gasteiger partial charge in [-0.1, -0.05) is 20.8 Å². The van der Waals surface area contributed by atoms with Crippen molar-refractivity contribution in [3.63, 3.8) is 0 Å². The average Bonchev–Trinajstić information content (AvgIpc) is 2.32. The molecule has 0 amide bonds. The predicted molar refractivity (Wildman–Crippen MR) is 42.1 cm³/mol. The summed E-state index contributed by atoms with van der Waals surface area (Å²) in [6, 6.07) is 0. The number of aromatic nitrogens is 2. The van der Waals surface area contributed by atoms with Crippen LogP contribution in [0.3, 0.4) is 0 Å². The van der Waals surface area contributed by atoms with Gasteiger partial charge in [-0.2, -0.15) is 0 Å². The summed E-state index contributed by atoms with van der Waals surface area (Å²) in [5, 5.41) is 7.00. The zero-order valence-corrected chi connectivity index (χ0v) is 7.29. The van der Waals surface area contributed by atoms with Crippen molar-refractivity contribution in [3.8, 4) is 0 Å². The van der Waals surface area contributed by atoms with Gasteiger partial charge < -0.3 is 4.52 Å². The van der Waals surface area contributed by atoms with Crippen LogP contribution in [-0.2, 0) is 6.42 Å². The first-order valence-corrected chi connectivity index (χ1v) is 3.84. The summed E-state index contributed by atoms with van der Waals surface area (Å²) < 4.78 is 4.87. The van der Waals surface area contributed by atoms with Crippen molar-refractivity contribution in [3.05, 3.63) is 12.0 Å². The molecule has 1 rings (SSSR count). The van der Waals surface area contributed by atoms with Crippen molar-refractivity contribution >= 4 is 0 Å². The molecule has 1 heterocycles. The number of nitrogens with zero attached hydrogens (tertiary/aromatic N) is 2. The zero-order chi connectivity index (χ0) is 8.32. The van der Waals surface area contributed by atoms with Crippen LogP contribution >= 0.6 is 0 Å². The van der Waals surface area contributed by atoms with Crippen molar-refractivity contribution in [1.29, 1.82) is 0 Å². The van der Waals surface area contributed by atoms with E-state index < -0.39 is 0 Å². The standard InChI is InChI=1S/C8H14N2O/c1-8(2,3)5-4-7-6-9-10-11-7/h6H,4-5H2,1-3H3. The Bertz CT molecular complexity index is 198. The molecular formula is C8H14N2O. The van der Waals surface area contributed by atoms with Gasteiger partial charge in [0.2, 0.25) is 0 Å². The van der Waals surface area contributed by atoms with E-state index in [0.717, 1.165) is 18.6 Å². The van der Waals surface area contributed by atoms with Crippen molar-refractivity contribution in [2.75, 3.05) is 0 Å². The molecule has 0 atom stereocenters. The van der Waals surface area contributed by atoms with Gasteiger partial charge >= 0.3 is 0 Å². The fourth-order valence-corrected chi connectivity index (χ4v) is 0.796. The van der Waals surface area contributed by atoms with Crippen LogP contribution in [0.2, 0.25) is 0 Å². The van der Waals surface area contributed by atoms with E-state index in [1.807, 2.05) is 0 Å². The van der Waals surface area contributed by atoms with Crippen LogP contribution in [0.5, 0.6) is 0 Å². The van der Waals surface area contributed by atoms with Crippen LogP contribution in [0.1, 0.15) is 33.0 Å². The molecule has 0 bridgehead atoms. The van der Waals surface area contributed by atoms with Crippen LogP contribution < -0.4 is 0 Å². The Hall–Kier alpha value is -0.860. The third-order valence-electron chi connectivity index (χ3n) is 1.53. The van der Waals surface area contributed by atoms with E-state index >= 15 is 0 Å². The second kappa shape index (κ2) is 3.03. The minimum absolute atomic E-state index is 0.354. The summed E-state index contributed by atoms with van der Waals surface area (Å²) in [5.41, 5.74) is 0.354. The topological polar surface area (TPSA) is 38.9 Å². The Kier molecular flexibility index (Phi) is 2.27. The van der Waals surface area contributed by atoms with E-state index in [9.17, 15) is 0 Å². The molecule has 11 heavy (non-hydrogen) atoms. The number of hydrogen-bond donors (Lipinski definition) is 0. The van der Waals surface area contributed by atoms with Crippen molar-refractivity contribution in [2.24, 2.45) is 5.41 Å². The third kappa shape index (κ3) is 3.16. The van der Waals surface area contributed by atoms with Crippen LogP contribution in [-0.4, -0.2) is 10.4 Å². The molecule has 0 aliphatic heterocycles. The molecule has 0 aromatic carbocycles. The van der Waals surface area contributed by atoms with Gasteiger partial charge in [-0.3, -0.25) is 0 Å². The Morgan fingerprint density at radius 3 is 2.64 bits per heavy atom. The van der Waals surface area contributed by atoms with Gasteiger partial charge in [0.1, 0.15) is 0 Å². The Labute approximate surface area is 66.8 Å². The molecule has 1 aromatic rings. The van der Waals surface area contributed by atoms with E-state index in [1.54, 1.807) is 6.20 Å². The number of rotatable bonds is 2. The monoisotopic (exact) mass is 154 g/mol. The molecule has 3 heteroatoms. The van der Waals surface area contributed by atoms with Crippen LogP contribution in [0.15, 0.2) is 10.7 Å². The molecule has 0 aliphatic carbocycles. The van der Waals surface area contributed by atoms with E-state index in [-0.39, 0.29) is 0 Å². The lowest BCUT2D eigenvalue weighted by Gasteiger charge is -2.15. The van der Waals surface area contributed by atoms with Crippen molar-refractivity contribution < 1.29 is 4.52 Å². The van der Waals surface area contributed by atoms with E-state index in [2.05, 4.69) is 31.1 Å².